The number of aromatic nitrogens is 6. The lowest BCUT2D eigenvalue weighted by atomic mass is 10.2. The third-order valence-corrected chi connectivity index (χ3v) is 2.27. The molecule has 0 unspecified atom stereocenters. The minimum Gasteiger partial charge on any atom is -0.273 e. The van der Waals surface area contributed by atoms with Gasteiger partial charge >= 0.3 is 0 Å². The normalized spacial score (nSPS) is 11.2. The van der Waals surface area contributed by atoms with Crippen LogP contribution < -0.4 is 0 Å². The van der Waals surface area contributed by atoms with E-state index in [-0.39, 0.29) is 11.6 Å². The first kappa shape index (κ1) is 9.63. The second-order valence-corrected chi connectivity index (χ2v) is 3.41. The number of hydrogen-bond acceptors (Lipinski definition) is 8. The minimum absolute atomic E-state index is 0.245. The highest BCUT2D eigenvalue weighted by Gasteiger charge is 2.23. The third kappa shape index (κ3) is 1.25. The standard InChI is InChI=1S/C8H6N6O3/c1-3-5(11-16-10-3)6-7-8(13-17-12-7)14(9-6)4(2)15/h1-2H3. The predicted molar refractivity (Wildman–Crippen MR) is 51.9 cm³/mol. The van der Waals surface area contributed by atoms with Crippen molar-refractivity contribution in [2.75, 3.05) is 0 Å². The summed E-state index contributed by atoms with van der Waals surface area (Å²) in [5, 5.41) is 18.7. The summed E-state index contributed by atoms with van der Waals surface area (Å²) >= 11 is 0. The van der Waals surface area contributed by atoms with Crippen molar-refractivity contribution in [1.82, 2.24) is 30.4 Å². The molecule has 0 aliphatic carbocycles. The Morgan fingerprint density at radius 1 is 1.12 bits per heavy atom. The molecule has 17 heavy (non-hydrogen) atoms. The highest BCUT2D eigenvalue weighted by Crippen LogP contribution is 2.25. The molecule has 0 bridgehead atoms. The molecule has 9 heteroatoms. The van der Waals surface area contributed by atoms with E-state index in [1.165, 1.54) is 6.92 Å². The molecule has 0 fully saturated rings. The average Bonchev–Trinajstić information content (AvgIpc) is 2.91. The molecule has 0 aliphatic heterocycles. The second-order valence-electron chi connectivity index (χ2n) is 3.41. The lowest BCUT2D eigenvalue weighted by molar-refractivity contribution is 0.0925. The molecule has 3 aromatic heterocycles. The molecule has 0 amide bonds. The van der Waals surface area contributed by atoms with Gasteiger partial charge in [0.2, 0.25) is 11.6 Å². The van der Waals surface area contributed by atoms with Gasteiger partial charge in [0, 0.05) is 6.92 Å². The van der Waals surface area contributed by atoms with Gasteiger partial charge in [0.25, 0.3) is 0 Å². The SMILES string of the molecule is CC(=O)n1nc(-c2nonc2C)c2nonc21. The van der Waals surface area contributed by atoms with Gasteiger partial charge in [0.05, 0.1) is 0 Å². The first-order valence-corrected chi connectivity index (χ1v) is 4.70. The number of rotatable bonds is 1. The zero-order valence-electron chi connectivity index (χ0n) is 8.91. The van der Waals surface area contributed by atoms with Crippen LogP contribution in [0.25, 0.3) is 22.6 Å². The molecule has 0 spiro atoms. The Morgan fingerprint density at radius 2 is 1.88 bits per heavy atom. The first-order chi connectivity index (χ1) is 8.18. The van der Waals surface area contributed by atoms with E-state index in [0.29, 0.717) is 22.6 Å². The van der Waals surface area contributed by atoms with Gasteiger partial charge in [0.1, 0.15) is 11.4 Å². The van der Waals surface area contributed by atoms with Crippen molar-refractivity contribution in [3.63, 3.8) is 0 Å². The van der Waals surface area contributed by atoms with E-state index in [9.17, 15) is 4.79 Å². The number of carbonyl (C=O) groups excluding carboxylic acids is 1. The molecule has 9 nitrogen and oxygen atoms in total. The molecular formula is C8H6N6O3. The summed E-state index contributed by atoms with van der Waals surface area (Å²) in [5.74, 6) is -0.300. The molecule has 0 aromatic carbocycles. The van der Waals surface area contributed by atoms with Crippen molar-refractivity contribution in [2.24, 2.45) is 0 Å². The van der Waals surface area contributed by atoms with Gasteiger partial charge in [-0.1, -0.05) is 5.16 Å². The van der Waals surface area contributed by atoms with Gasteiger partial charge in [-0.25, -0.2) is 9.26 Å². The number of carbonyl (C=O) groups is 1. The molecule has 0 N–H and O–H groups in total. The van der Waals surface area contributed by atoms with Crippen molar-refractivity contribution in [2.45, 2.75) is 13.8 Å². The van der Waals surface area contributed by atoms with Gasteiger partial charge in [-0.2, -0.15) is 9.78 Å². The summed E-state index contributed by atoms with van der Waals surface area (Å²) in [4.78, 5) is 11.4. The average molecular weight is 234 g/mol. The highest BCUT2D eigenvalue weighted by molar-refractivity contribution is 5.93. The van der Waals surface area contributed by atoms with Crippen LogP contribution in [-0.4, -0.2) is 36.3 Å². The smallest absolute Gasteiger partial charge is 0.245 e. The number of aryl methyl sites for hydroxylation is 1. The molecule has 0 saturated carbocycles. The van der Waals surface area contributed by atoms with Crippen LogP contribution >= 0.6 is 0 Å². The van der Waals surface area contributed by atoms with Gasteiger partial charge < -0.3 is 0 Å². The topological polar surface area (TPSA) is 113 Å². The van der Waals surface area contributed by atoms with E-state index < -0.39 is 0 Å². The first-order valence-electron chi connectivity index (χ1n) is 4.70. The number of nitrogens with zero attached hydrogens (tertiary/aromatic N) is 6. The molecule has 3 rings (SSSR count). The maximum absolute atomic E-state index is 11.4. The van der Waals surface area contributed by atoms with Crippen molar-refractivity contribution >= 4 is 17.1 Å². The quantitative estimate of drug-likeness (QED) is 0.595. The summed E-state index contributed by atoms with van der Waals surface area (Å²) in [6.07, 6.45) is 0. The fraction of sp³-hybridized carbons (Fsp3) is 0.250. The van der Waals surface area contributed by atoms with Crippen LogP contribution in [0.2, 0.25) is 0 Å². The summed E-state index contributed by atoms with van der Waals surface area (Å²) in [7, 11) is 0. The molecule has 3 heterocycles. The summed E-state index contributed by atoms with van der Waals surface area (Å²) < 4.78 is 10.3. The number of hydrogen-bond donors (Lipinski definition) is 0. The van der Waals surface area contributed by atoms with Crippen molar-refractivity contribution in [3.8, 4) is 11.4 Å². The van der Waals surface area contributed by atoms with Crippen LogP contribution in [0.1, 0.15) is 17.4 Å². The van der Waals surface area contributed by atoms with Crippen LogP contribution in [0.3, 0.4) is 0 Å². The van der Waals surface area contributed by atoms with Gasteiger partial charge in [-0.15, -0.1) is 0 Å². The summed E-state index contributed by atoms with van der Waals surface area (Å²) in [5.41, 5.74) is 1.90. The van der Waals surface area contributed by atoms with Crippen molar-refractivity contribution in [1.29, 1.82) is 0 Å². The zero-order chi connectivity index (χ0) is 12.0. The van der Waals surface area contributed by atoms with E-state index >= 15 is 0 Å². The molecule has 86 valence electrons. The Kier molecular flexibility index (Phi) is 1.82. The summed E-state index contributed by atoms with van der Waals surface area (Å²) in [6, 6.07) is 0. The molecule has 0 radical (unpaired) electrons. The number of fused-ring (bicyclic) bond motifs is 1. The Morgan fingerprint density at radius 3 is 2.53 bits per heavy atom. The Labute approximate surface area is 93.3 Å². The molecule has 0 aliphatic rings. The van der Waals surface area contributed by atoms with Crippen LogP contribution in [-0.2, 0) is 0 Å². The zero-order valence-corrected chi connectivity index (χ0v) is 8.91. The van der Waals surface area contributed by atoms with Crippen LogP contribution in [0, 0.1) is 6.92 Å². The van der Waals surface area contributed by atoms with E-state index in [1.54, 1.807) is 6.92 Å². The van der Waals surface area contributed by atoms with Crippen molar-refractivity contribution in [3.05, 3.63) is 5.69 Å². The third-order valence-electron chi connectivity index (χ3n) is 2.27. The predicted octanol–water partition coefficient (Wildman–Crippen LogP) is 0.438. The van der Waals surface area contributed by atoms with E-state index in [2.05, 4.69) is 35.0 Å². The molecule has 0 atom stereocenters. The molecule has 0 saturated heterocycles. The van der Waals surface area contributed by atoms with E-state index in [1.807, 2.05) is 0 Å². The largest absolute Gasteiger partial charge is 0.273 e. The lowest BCUT2D eigenvalue weighted by Gasteiger charge is -1.91. The fourth-order valence-corrected chi connectivity index (χ4v) is 1.49. The Bertz CT molecular complexity index is 708. The Balaban J connectivity index is 2.34. The Hall–Kier alpha value is -2.58. The summed E-state index contributed by atoms with van der Waals surface area (Å²) in [6.45, 7) is 3.07. The van der Waals surface area contributed by atoms with Crippen LogP contribution in [0.15, 0.2) is 9.26 Å². The van der Waals surface area contributed by atoms with Crippen LogP contribution in [0.4, 0.5) is 0 Å². The molecule has 3 aromatic rings. The lowest BCUT2D eigenvalue weighted by Crippen LogP contribution is -2.07. The monoisotopic (exact) mass is 234 g/mol. The minimum atomic E-state index is -0.300. The maximum atomic E-state index is 11.4. The van der Waals surface area contributed by atoms with Gasteiger partial charge in [-0.3, -0.25) is 4.79 Å². The fourth-order valence-electron chi connectivity index (χ4n) is 1.49. The van der Waals surface area contributed by atoms with E-state index in [4.69, 9.17) is 0 Å². The van der Waals surface area contributed by atoms with Gasteiger partial charge in [0.15, 0.2) is 11.2 Å². The second kappa shape index (κ2) is 3.20. The van der Waals surface area contributed by atoms with Crippen LogP contribution in [0.5, 0.6) is 0 Å². The molecular weight excluding hydrogens is 228 g/mol. The van der Waals surface area contributed by atoms with Gasteiger partial charge in [-0.05, 0) is 22.4 Å². The van der Waals surface area contributed by atoms with E-state index in [0.717, 1.165) is 4.68 Å². The highest BCUT2D eigenvalue weighted by atomic mass is 16.6. The van der Waals surface area contributed by atoms with Crippen molar-refractivity contribution < 1.29 is 14.1 Å². The maximum Gasteiger partial charge on any atom is 0.245 e.